The molecule has 2 atom stereocenters. The van der Waals surface area contributed by atoms with Crippen LogP contribution in [0.2, 0.25) is 0 Å². The lowest BCUT2D eigenvalue weighted by atomic mass is 9.92. The van der Waals surface area contributed by atoms with Gasteiger partial charge in [-0.25, -0.2) is 12.7 Å². The van der Waals surface area contributed by atoms with Crippen molar-refractivity contribution in [1.82, 2.24) is 9.21 Å². The zero-order valence-corrected chi connectivity index (χ0v) is 16.0. The fourth-order valence-corrected chi connectivity index (χ4v) is 4.88. The van der Waals surface area contributed by atoms with Gasteiger partial charge in [0, 0.05) is 33.2 Å². The first kappa shape index (κ1) is 20.4. The lowest BCUT2D eigenvalue weighted by Gasteiger charge is -2.34. The van der Waals surface area contributed by atoms with Crippen LogP contribution < -0.4 is 5.73 Å². The highest BCUT2D eigenvalue weighted by Gasteiger charge is 2.31. The first-order valence-corrected chi connectivity index (χ1v) is 9.62. The van der Waals surface area contributed by atoms with Crippen molar-refractivity contribution in [2.75, 3.05) is 27.2 Å². The molecule has 132 valence electrons. The van der Waals surface area contributed by atoms with E-state index in [0.29, 0.717) is 18.0 Å². The number of piperidine rings is 1. The predicted octanol–water partition coefficient (Wildman–Crippen LogP) is 1.62. The topological polar surface area (TPSA) is 83.7 Å². The van der Waals surface area contributed by atoms with Crippen LogP contribution in [0.3, 0.4) is 0 Å². The minimum absolute atomic E-state index is 0. The number of nitrogens with two attached hydrogens (primary N) is 1. The highest BCUT2D eigenvalue weighted by atomic mass is 35.5. The van der Waals surface area contributed by atoms with Crippen molar-refractivity contribution in [3.63, 3.8) is 0 Å². The standard InChI is InChI=1S/C14H23N3O3S2.ClH/c1-10(15)11-5-4-7-17(9-11)14(18)13-12(6-8-21-13)22(19,20)16(2)3;/h6,8,10-11H,4-5,7,9,15H2,1-3H3;1H. The Balaban J connectivity index is 0.00000264. The predicted molar refractivity (Wildman–Crippen MR) is 94.7 cm³/mol. The van der Waals surface area contributed by atoms with Gasteiger partial charge in [0.2, 0.25) is 10.0 Å². The number of carbonyl (C=O) groups is 1. The van der Waals surface area contributed by atoms with Crippen molar-refractivity contribution in [3.05, 3.63) is 16.3 Å². The van der Waals surface area contributed by atoms with E-state index in [1.54, 1.807) is 10.3 Å². The summed E-state index contributed by atoms with van der Waals surface area (Å²) in [6, 6.07) is 1.53. The molecule has 0 saturated carbocycles. The Kier molecular flexibility index (Phi) is 7.03. The van der Waals surface area contributed by atoms with Crippen LogP contribution in [0, 0.1) is 5.92 Å². The Morgan fingerprint density at radius 1 is 1.48 bits per heavy atom. The Labute approximate surface area is 148 Å². The summed E-state index contributed by atoms with van der Waals surface area (Å²) < 4.78 is 25.8. The van der Waals surface area contributed by atoms with Gasteiger partial charge in [-0.05, 0) is 37.1 Å². The second kappa shape index (κ2) is 7.94. The van der Waals surface area contributed by atoms with Crippen molar-refractivity contribution in [1.29, 1.82) is 0 Å². The Bertz CT molecular complexity index is 643. The van der Waals surface area contributed by atoms with Gasteiger partial charge in [0.05, 0.1) is 0 Å². The molecule has 1 amide bonds. The number of hydrogen-bond acceptors (Lipinski definition) is 5. The Morgan fingerprint density at radius 3 is 2.70 bits per heavy atom. The minimum atomic E-state index is -3.61. The first-order valence-electron chi connectivity index (χ1n) is 7.30. The summed E-state index contributed by atoms with van der Waals surface area (Å²) in [6.45, 7) is 3.20. The average Bonchev–Trinajstić information content (AvgIpc) is 2.96. The molecule has 0 radical (unpaired) electrons. The molecule has 23 heavy (non-hydrogen) atoms. The number of amides is 1. The van der Waals surface area contributed by atoms with Crippen LogP contribution in [-0.2, 0) is 10.0 Å². The number of likely N-dealkylation sites (tertiary alicyclic amines) is 1. The van der Waals surface area contributed by atoms with Gasteiger partial charge >= 0.3 is 0 Å². The van der Waals surface area contributed by atoms with Gasteiger partial charge in [-0.15, -0.1) is 23.7 Å². The molecule has 2 heterocycles. The smallest absolute Gasteiger partial charge is 0.265 e. The summed E-state index contributed by atoms with van der Waals surface area (Å²) in [6.07, 6.45) is 1.91. The van der Waals surface area contributed by atoms with Crippen LogP contribution in [0.15, 0.2) is 16.3 Å². The van der Waals surface area contributed by atoms with Crippen molar-refractivity contribution < 1.29 is 13.2 Å². The van der Waals surface area contributed by atoms with Gasteiger partial charge in [0.1, 0.15) is 9.77 Å². The lowest BCUT2D eigenvalue weighted by Crippen LogP contribution is -2.45. The molecule has 1 fully saturated rings. The molecule has 9 heteroatoms. The minimum Gasteiger partial charge on any atom is -0.338 e. The van der Waals surface area contributed by atoms with Gasteiger partial charge in [-0.2, -0.15) is 0 Å². The van der Waals surface area contributed by atoms with Crippen LogP contribution in [-0.4, -0.2) is 56.8 Å². The quantitative estimate of drug-likeness (QED) is 0.858. The first-order chi connectivity index (χ1) is 10.2. The number of carbonyl (C=O) groups excluding carboxylic acids is 1. The third-order valence-electron chi connectivity index (χ3n) is 4.07. The van der Waals surface area contributed by atoms with Gasteiger partial charge in [-0.1, -0.05) is 0 Å². The molecule has 2 unspecified atom stereocenters. The Hall–Kier alpha value is -0.670. The van der Waals surface area contributed by atoms with Crippen LogP contribution in [0.5, 0.6) is 0 Å². The second-order valence-corrected chi connectivity index (χ2v) is 8.95. The number of hydrogen-bond donors (Lipinski definition) is 1. The highest BCUT2D eigenvalue weighted by molar-refractivity contribution is 7.89. The Morgan fingerprint density at radius 2 is 2.13 bits per heavy atom. The van der Waals surface area contributed by atoms with Gasteiger partial charge in [-0.3, -0.25) is 4.79 Å². The molecule has 0 aliphatic carbocycles. The van der Waals surface area contributed by atoms with Crippen LogP contribution in [0.4, 0.5) is 0 Å². The van der Waals surface area contributed by atoms with E-state index in [2.05, 4.69) is 0 Å². The van der Waals surface area contributed by atoms with Crippen molar-refractivity contribution in [2.45, 2.75) is 30.7 Å². The molecule has 1 aromatic rings. The van der Waals surface area contributed by atoms with Gasteiger partial charge < -0.3 is 10.6 Å². The fourth-order valence-electron chi connectivity index (χ4n) is 2.62. The average molecular weight is 382 g/mol. The molecule has 1 aromatic heterocycles. The number of thiophene rings is 1. The molecular weight excluding hydrogens is 358 g/mol. The molecule has 2 rings (SSSR count). The van der Waals surface area contributed by atoms with Crippen LogP contribution in [0.25, 0.3) is 0 Å². The molecular formula is C14H24ClN3O3S2. The molecule has 1 aliphatic heterocycles. The molecule has 0 spiro atoms. The lowest BCUT2D eigenvalue weighted by molar-refractivity contribution is 0.0662. The maximum Gasteiger partial charge on any atom is 0.265 e. The summed E-state index contributed by atoms with van der Waals surface area (Å²) in [4.78, 5) is 14.8. The summed E-state index contributed by atoms with van der Waals surface area (Å²) in [5, 5.41) is 1.65. The maximum atomic E-state index is 12.7. The van der Waals surface area contributed by atoms with Crippen molar-refractivity contribution in [3.8, 4) is 0 Å². The maximum absolute atomic E-state index is 12.7. The zero-order chi connectivity index (χ0) is 16.5. The van der Waals surface area contributed by atoms with E-state index in [1.165, 1.54) is 31.5 Å². The molecule has 1 aliphatic rings. The van der Waals surface area contributed by atoms with Crippen LogP contribution >= 0.6 is 23.7 Å². The summed E-state index contributed by atoms with van der Waals surface area (Å²) >= 11 is 1.18. The SMILES string of the molecule is CC(N)C1CCCN(C(=O)c2sccc2S(=O)(=O)N(C)C)C1.Cl. The second-order valence-electron chi connectivity index (χ2n) is 5.91. The monoisotopic (exact) mass is 381 g/mol. The van der Waals surface area contributed by atoms with E-state index < -0.39 is 10.0 Å². The molecule has 0 aromatic carbocycles. The van der Waals surface area contributed by atoms with Gasteiger partial charge in [0.25, 0.3) is 5.91 Å². The van der Waals surface area contributed by atoms with Gasteiger partial charge in [0.15, 0.2) is 0 Å². The third kappa shape index (κ3) is 4.24. The normalized spacial score (nSPS) is 20.2. The summed E-state index contributed by atoms with van der Waals surface area (Å²) in [7, 11) is -0.673. The molecule has 6 nitrogen and oxygen atoms in total. The number of halogens is 1. The molecule has 0 bridgehead atoms. The van der Waals surface area contributed by atoms with E-state index in [4.69, 9.17) is 5.73 Å². The van der Waals surface area contributed by atoms with E-state index in [1.807, 2.05) is 6.92 Å². The number of sulfonamides is 1. The van der Waals surface area contributed by atoms with E-state index in [9.17, 15) is 13.2 Å². The third-order valence-corrected chi connectivity index (χ3v) is 6.96. The zero-order valence-electron chi connectivity index (χ0n) is 13.6. The summed E-state index contributed by atoms with van der Waals surface area (Å²) in [5.41, 5.74) is 5.95. The number of rotatable bonds is 4. The number of nitrogens with zero attached hydrogens (tertiary/aromatic N) is 2. The highest BCUT2D eigenvalue weighted by Crippen LogP contribution is 2.28. The van der Waals surface area contributed by atoms with E-state index >= 15 is 0 Å². The molecule has 2 N–H and O–H groups in total. The van der Waals surface area contributed by atoms with Crippen molar-refractivity contribution in [2.24, 2.45) is 11.7 Å². The largest absolute Gasteiger partial charge is 0.338 e. The van der Waals surface area contributed by atoms with E-state index in [-0.39, 0.29) is 35.2 Å². The van der Waals surface area contributed by atoms with E-state index in [0.717, 1.165) is 17.1 Å². The molecule has 1 saturated heterocycles. The van der Waals surface area contributed by atoms with Crippen LogP contribution in [0.1, 0.15) is 29.4 Å². The fraction of sp³-hybridized carbons (Fsp3) is 0.643. The summed E-state index contributed by atoms with van der Waals surface area (Å²) in [5.74, 6) is 0.0624. The van der Waals surface area contributed by atoms with Crippen molar-refractivity contribution >= 4 is 39.7 Å².